The van der Waals surface area contributed by atoms with Crippen LogP contribution in [0.15, 0.2) is 47.8 Å². The maximum absolute atomic E-state index is 13.7. The Morgan fingerprint density at radius 1 is 1.25 bits per heavy atom. The first kappa shape index (κ1) is 14.8. The van der Waals surface area contributed by atoms with Crippen molar-refractivity contribution in [3.63, 3.8) is 0 Å². The summed E-state index contributed by atoms with van der Waals surface area (Å²) in [5.74, 6) is -0.135. The van der Waals surface area contributed by atoms with Crippen molar-refractivity contribution in [2.75, 3.05) is 11.9 Å². The SMILES string of the molecule is O=C(Nc1nc(-c2ccc3c(c2)CCO3)cs1)c1ccccc1F. The Morgan fingerprint density at radius 3 is 3.00 bits per heavy atom. The van der Waals surface area contributed by atoms with Gasteiger partial charge in [0.15, 0.2) is 5.13 Å². The number of anilines is 1. The van der Waals surface area contributed by atoms with Crippen LogP contribution in [0.4, 0.5) is 9.52 Å². The van der Waals surface area contributed by atoms with Gasteiger partial charge in [0.25, 0.3) is 5.91 Å². The zero-order chi connectivity index (χ0) is 16.5. The topological polar surface area (TPSA) is 51.2 Å². The summed E-state index contributed by atoms with van der Waals surface area (Å²) in [6, 6.07) is 11.8. The summed E-state index contributed by atoms with van der Waals surface area (Å²) in [6.45, 7) is 0.708. The fourth-order valence-electron chi connectivity index (χ4n) is 2.62. The van der Waals surface area contributed by atoms with Crippen LogP contribution in [0.5, 0.6) is 5.75 Å². The van der Waals surface area contributed by atoms with Crippen LogP contribution >= 0.6 is 11.3 Å². The van der Waals surface area contributed by atoms with E-state index in [0.717, 1.165) is 29.0 Å². The molecule has 0 aliphatic carbocycles. The van der Waals surface area contributed by atoms with E-state index in [4.69, 9.17) is 4.74 Å². The molecule has 1 N–H and O–H groups in total. The summed E-state index contributed by atoms with van der Waals surface area (Å²) < 4.78 is 19.1. The lowest BCUT2D eigenvalue weighted by atomic mass is 10.1. The second-order valence-corrected chi connectivity index (χ2v) is 6.25. The van der Waals surface area contributed by atoms with Gasteiger partial charge in [0.1, 0.15) is 11.6 Å². The Labute approximate surface area is 141 Å². The van der Waals surface area contributed by atoms with Gasteiger partial charge in [-0.3, -0.25) is 10.1 Å². The number of nitrogens with one attached hydrogen (secondary N) is 1. The van der Waals surface area contributed by atoms with Gasteiger partial charge < -0.3 is 4.74 Å². The first-order valence-corrected chi connectivity index (χ1v) is 8.36. The number of carbonyl (C=O) groups is 1. The van der Waals surface area contributed by atoms with Crippen molar-refractivity contribution in [1.82, 2.24) is 4.98 Å². The van der Waals surface area contributed by atoms with Crippen molar-refractivity contribution in [3.8, 4) is 17.0 Å². The number of thiazole rings is 1. The van der Waals surface area contributed by atoms with E-state index in [1.807, 2.05) is 17.5 Å². The number of hydrogen-bond donors (Lipinski definition) is 1. The van der Waals surface area contributed by atoms with Gasteiger partial charge in [0.2, 0.25) is 0 Å². The van der Waals surface area contributed by atoms with Crippen molar-refractivity contribution in [1.29, 1.82) is 0 Å². The minimum atomic E-state index is -0.551. The molecule has 0 fully saturated rings. The van der Waals surface area contributed by atoms with E-state index in [-0.39, 0.29) is 5.56 Å². The molecule has 0 bridgehead atoms. The quantitative estimate of drug-likeness (QED) is 0.780. The Kier molecular flexibility index (Phi) is 3.74. The van der Waals surface area contributed by atoms with Gasteiger partial charge in [-0.05, 0) is 35.9 Å². The Balaban J connectivity index is 1.55. The van der Waals surface area contributed by atoms with Crippen molar-refractivity contribution < 1.29 is 13.9 Å². The van der Waals surface area contributed by atoms with E-state index in [9.17, 15) is 9.18 Å². The first-order valence-electron chi connectivity index (χ1n) is 7.48. The summed E-state index contributed by atoms with van der Waals surface area (Å²) in [5, 5.41) is 4.95. The fraction of sp³-hybridized carbons (Fsp3) is 0.111. The molecule has 120 valence electrons. The second-order valence-electron chi connectivity index (χ2n) is 5.39. The molecule has 1 aliphatic heterocycles. The predicted molar refractivity (Wildman–Crippen MR) is 91.1 cm³/mol. The van der Waals surface area contributed by atoms with Gasteiger partial charge in [-0.25, -0.2) is 9.37 Å². The second kappa shape index (κ2) is 6.05. The molecule has 4 rings (SSSR count). The number of amides is 1. The monoisotopic (exact) mass is 340 g/mol. The highest BCUT2D eigenvalue weighted by atomic mass is 32.1. The molecule has 0 saturated heterocycles. The fourth-order valence-corrected chi connectivity index (χ4v) is 3.33. The minimum absolute atomic E-state index is 0.00364. The summed E-state index contributed by atoms with van der Waals surface area (Å²) in [7, 11) is 0. The molecule has 4 nitrogen and oxygen atoms in total. The standard InChI is InChI=1S/C18H13FN2O2S/c19-14-4-2-1-3-13(14)17(22)21-18-20-15(10-24-18)11-5-6-16-12(9-11)7-8-23-16/h1-6,9-10H,7-8H2,(H,20,21,22). The molecule has 1 amide bonds. The summed E-state index contributed by atoms with van der Waals surface area (Å²) in [4.78, 5) is 16.6. The molecule has 6 heteroatoms. The predicted octanol–water partition coefficient (Wildman–Crippen LogP) is 4.14. The third kappa shape index (κ3) is 2.76. The Hall–Kier alpha value is -2.73. The molecule has 24 heavy (non-hydrogen) atoms. The molecule has 1 aromatic heterocycles. The van der Waals surface area contributed by atoms with Crippen LogP contribution in [-0.2, 0) is 6.42 Å². The number of rotatable bonds is 3. The van der Waals surface area contributed by atoms with Crippen LogP contribution in [0, 0.1) is 5.82 Å². The van der Waals surface area contributed by atoms with Crippen LogP contribution in [-0.4, -0.2) is 17.5 Å². The van der Waals surface area contributed by atoms with E-state index >= 15 is 0 Å². The smallest absolute Gasteiger partial charge is 0.260 e. The molecule has 2 heterocycles. The summed E-state index contributed by atoms with van der Waals surface area (Å²) >= 11 is 1.31. The number of halogens is 1. The lowest BCUT2D eigenvalue weighted by molar-refractivity contribution is 0.102. The van der Waals surface area contributed by atoms with E-state index in [0.29, 0.717) is 11.7 Å². The molecule has 0 atom stereocenters. The van der Waals surface area contributed by atoms with E-state index in [2.05, 4.69) is 16.4 Å². The summed E-state index contributed by atoms with van der Waals surface area (Å²) in [5.41, 5.74) is 2.92. The van der Waals surface area contributed by atoms with Gasteiger partial charge in [-0.2, -0.15) is 0 Å². The van der Waals surface area contributed by atoms with Gasteiger partial charge >= 0.3 is 0 Å². The molecule has 2 aromatic carbocycles. The van der Waals surface area contributed by atoms with E-state index < -0.39 is 11.7 Å². The van der Waals surface area contributed by atoms with Crippen LogP contribution < -0.4 is 10.1 Å². The third-order valence-electron chi connectivity index (χ3n) is 3.83. The van der Waals surface area contributed by atoms with Gasteiger partial charge in [-0.1, -0.05) is 12.1 Å². The molecule has 0 unspecified atom stereocenters. The number of benzene rings is 2. The van der Waals surface area contributed by atoms with Gasteiger partial charge in [0, 0.05) is 17.4 Å². The van der Waals surface area contributed by atoms with Crippen LogP contribution in [0.3, 0.4) is 0 Å². The lowest BCUT2D eigenvalue weighted by Gasteiger charge is -2.03. The van der Waals surface area contributed by atoms with Crippen molar-refractivity contribution in [2.24, 2.45) is 0 Å². The van der Waals surface area contributed by atoms with Crippen LogP contribution in [0.1, 0.15) is 15.9 Å². The molecular formula is C18H13FN2O2S. The number of nitrogens with zero attached hydrogens (tertiary/aromatic N) is 1. The molecular weight excluding hydrogens is 327 g/mol. The highest BCUT2D eigenvalue weighted by Gasteiger charge is 2.16. The third-order valence-corrected chi connectivity index (χ3v) is 4.59. The highest BCUT2D eigenvalue weighted by molar-refractivity contribution is 7.14. The average molecular weight is 340 g/mol. The Bertz CT molecular complexity index is 923. The van der Waals surface area contributed by atoms with Crippen molar-refractivity contribution in [2.45, 2.75) is 6.42 Å². The molecule has 0 spiro atoms. The number of hydrogen-bond acceptors (Lipinski definition) is 4. The van der Waals surface area contributed by atoms with E-state index in [1.54, 1.807) is 12.1 Å². The molecule has 0 saturated carbocycles. The highest BCUT2D eigenvalue weighted by Crippen LogP contribution is 2.32. The number of aromatic nitrogens is 1. The first-order chi connectivity index (χ1) is 11.7. The molecule has 1 aliphatic rings. The molecule has 0 radical (unpaired) electrons. The average Bonchev–Trinajstić information content (AvgIpc) is 3.23. The Morgan fingerprint density at radius 2 is 2.12 bits per heavy atom. The maximum atomic E-state index is 13.7. The molecule has 3 aromatic rings. The zero-order valence-corrected chi connectivity index (χ0v) is 13.4. The number of fused-ring (bicyclic) bond motifs is 1. The minimum Gasteiger partial charge on any atom is -0.493 e. The normalized spacial score (nSPS) is 12.5. The van der Waals surface area contributed by atoms with Crippen LogP contribution in [0.2, 0.25) is 0 Å². The van der Waals surface area contributed by atoms with Gasteiger partial charge in [0.05, 0.1) is 17.9 Å². The largest absolute Gasteiger partial charge is 0.493 e. The van der Waals surface area contributed by atoms with Crippen LogP contribution in [0.25, 0.3) is 11.3 Å². The maximum Gasteiger partial charge on any atom is 0.260 e. The number of carbonyl (C=O) groups excluding carboxylic acids is 1. The summed E-state index contributed by atoms with van der Waals surface area (Å²) in [6.07, 6.45) is 0.893. The van der Waals surface area contributed by atoms with Crippen molar-refractivity contribution >= 4 is 22.4 Å². The van der Waals surface area contributed by atoms with Gasteiger partial charge in [-0.15, -0.1) is 11.3 Å². The van der Waals surface area contributed by atoms with Crippen molar-refractivity contribution in [3.05, 3.63) is 64.8 Å². The number of ether oxygens (including phenoxy) is 1. The van der Waals surface area contributed by atoms with E-state index in [1.165, 1.54) is 23.5 Å². The zero-order valence-electron chi connectivity index (χ0n) is 12.6. The lowest BCUT2D eigenvalue weighted by Crippen LogP contribution is -2.13.